The van der Waals surface area contributed by atoms with Gasteiger partial charge in [0.25, 0.3) is 10.2 Å². The van der Waals surface area contributed by atoms with E-state index in [-0.39, 0.29) is 0 Å². The fourth-order valence-corrected chi connectivity index (χ4v) is 3.05. The molecule has 0 amide bonds. The summed E-state index contributed by atoms with van der Waals surface area (Å²) in [6.45, 7) is 5.79. The van der Waals surface area contributed by atoms with Gasteiger partial charge in [-0.1, -0.05) is 23.8 Å². The Morgan fingerprint density at radius 3 is 2.47 bits per heavy atom. The Morgan fingerprint density at radius 2 is 1.94 bits per heavy atom. The van der Waals surface area contributed by atoms with Crippen molar-refractivity contribution in [3.05, 3.63) is 34.9 Å². The molecule has 2 rings (SSSR count). The van der Waals surface area contributed by atoms with Gasteiger partial charge in [-0.3, -0.25) is 0 Å². The second-order valence-corrected chi connectivity index (χ2v) is 6.63. The van der Waals surface area contributed by atoms with Crippen LogP contribution >= 0.6 is 0 Å². The predicted octanol–water partition coefficient (Wildman–Crippen LogP) is 1.30. The molecule has 0 bridgehead atoms. The Balaban J connectivity index is 2.15. The normalized spacial score (nSPS) is 16.5. The fraction of sp³-hybridized carbons (Fsp3) is 0.500. The van der Waals surface area contributed by atoms with Crippen LogP contribution in [-0.2, 0) is 16.8 Å². The molecule has 0 saturated carbocycles. The summed E-state index contributed by atoms with van der Waals surface area (Å²) >= 11 is 0. The lowest BCUT2D eigenvalue weighted by atomic mass is 10.1. The molecular formula is C12H18N2O2S. The van der Waals surface area contributed by atoms with Crippen molar-refractivity contribution in [3.63, 3.8) is 0 Å². The van der Waals surface area contributed by atoms with E-state index >= 15 is 0 Å². The van der Waals surface area contributed by atoms with Crippen molar-refractivity contribution < 1.29 is 8.42 Å². The van der Waals surface area contributed by atoms with Crippen LogP contribution in [0.4, 0.5) is 0 Å². The monoisotopic (exact) mass is 254 g/mol. The zero-order valence-corrected chi connectivity index (χ0v) is 11.3. The van der Waals surface area contributed by atoms with Gasteiger partial charge in [0, 0.05) is 26.7 Å². The lowest BCUT2D eigenvalue weighted by molar-refractivity contribution is 0.439. The Labute approximate surface area is 103 Å². The van der Waals surface area contributed by atoms with Crippen molar-refractivity contribution in [2.75, 3.05) is 20.1 Å². The maximum atomic E-state index is 11.9. The summed E-state index contributed by atoms with van der Waals surface area (Å²) in [4.78, 5) is 0. The molecule has 4 nitrogen and oxygen atoms in total. The molecule has 1 aromatic carbocycles. The summed E-state index contributed by atoms with van der Waals surface area (Å²) in [7, 11) is -1.59. The van der Waals surface area contributed by atoms with E-state index in [0.717, 1.165) is 11.1 Å². The molecule has 5 heteroatoms. The fourth-order valence-electron chi connectivity index (χ4n) is 1.81. The summed E-state index contributed by atoms with van der Waals surface area (Å²) in [6.07, 6.45) is 0. The van der Waals surface area contributed by atoms with Crippen molar-refractivity contribution in [1.29, 1.82) is 0 Å². The molecule has 1 fully saturated rings. The van der Waals surface area contributed by atoms with Crippen LogP contribution in [0.15, 0.2) is 18.2 Å². The summed E-state index contributed by atoms with van der Waals surface area (Å²) < 4.78 is 26.7. The van der Waals surface area contributed by atoms with Crippen molar-refractivity contribution in [1.82, 2.24) is 8.61 Å². The summed E-state index contributed by atoms with van der Waals surface area (Å²) in [5.41, 5.74) is 3.39. The van der Waals surface area contributed by atoms with Gasteiger partial charge in [0.1, 0.15) is 0 Å². The maximum absolute atomic E-state index is 11.9. The van der Waals surface area contributed by atoms with Crippen molar-refractivity contribution in [2.45, 2.75) is 20.4 Å². The third kappa shape index (κ3) is 2.68. The second kappa shape index (κ2) is 4.40. The summed E-state index contributed by atoms with van der Waals surface area (Å²) in [5, 5.41) is 0. The Morgan fingerprint density at radius 1 is 1.29 bits per heavy atom. The average Bonchev–Trinajstić information content (AvgIpc) is 3.05. The molecule has 94 valence electrons. The van der Waals surface area contributed by atoms with Crippen molar-refractivity contribution in [2.24, 2.45) is 0 Å². The molecule has 1 aliphatic heterocycles. The van der Waals surface area contributed by atoms with E-state index in [2.05, 4.69) is 6.07 Å². The maximum Gasteiger partial charge on any atom is 0.282 e. The molecule has 0 aliphatic carbocycles. The zero-order chi connectivity index (χ0) is 12.6. The highest BCUT2D eigenvalue weighted by atomic mass is 32.2. The first kappa shape index (κ1) is 12.5. The van der Waals surface area contributed by atoms with Crippen LogP contribution in [0.3, 0.4) is 0 Å². The minimum atomic E-state index is -3.22. The van der Waals surface area contributed by atoms with E-state index in [1.54, 1.807) is 7.05 Å². The quantitative estimate of drug-likeness (QED) is 0.760. The Kier molecular flexibility index (Phi) is 3.25. The minimum Gasteiger partial charge on any atom is -0.195 e. The Hall–Kier alpha value is -0.910. The van der Waals surface area contributed by atoms with Gasteiger partial charge in [0.15, 0.2) is 0 Å². The summed E-state index contributed by atoms with van der Waals surface area (Å²) in [6, 6.07) is 6.09. The van der Waals surface area contributed by atoms with Crippen LogP contribution in [0.25, 0.3) is 0 Å². The van der Waals surface area contributed by atoms with Crippen LogP contribution in [0, 0.1) is 13.8 Å². The molecule has 0 spiro atoms. The highest BCUT2D eigenvalue weighted by molar-refractivity contribution is 7.86. The van der Waals surface area contributed by atoms with Gasteiger partial charge in [0.2, 0.25) is 0 Å². The van der Waals surface area contributed by atoms with E-state index < -0.39 is 10.2 Å². The molecule has 0 N–H and O–H groups in total. The lowest BCUT2D eigenvalue weighted by Gasteiger charge is -2.18. The smallest absolute Gasteiger partial charge is 0.195 e. The van der Waals surface area contributed by atoms with Gasteiger partial charge in [-0.25, -0.2) is 0 Å². The van der Waals surface area contributed by atoms with Gasteiger partial charge >= 0.3 is 0 Å². The third-order valence-corrected chi connectivity index (χ3v) is 4.95. The van der Waals surface area contributed by atoms with Crippen LogP contribution in [-0.4, -0.2) is 37.2 Å². The van der Waals surface area contributed by atoms with Crippen molar-refractivity contribution in [3.8, 4) is 0 Å². The first-order valence-corrected chi connectivity index (χ1v) is 7.08. The van der Waals surface area contributed by atoms with E-state index in [1.807, 2.05) is 26.0 Å². The van der Waals surface area contributed by atoms with E-state index in [9.17, 15) is 8.42 Å². The van der Waals surface area contributed by atoms with E-state index in [1.165, 1.54) is 14.2 Å². The third-order valence-electron chi connectivity index (χ3n) is 3.02. The van der Waals surface area contributed by atoms with Gasteiger partial charge in [-0.15, -0.1) is 0 Å². The lowest BCUT2D eigenvalue weighted by Crippen LogP contribution is -2.32. The van der Waals surface area contributed by atoms with E-state index in [0.29, 0.717) is 19.6 Å². The highest BCUT2D eigenvalue weighted by Crippen LogP contribution is 2.19. The van der Waals surface area contributed by atoms with Crippen LogP contribution in [0.1, 0.15) is 16.7 Å². The number of hydrogen-bond donors (Lipinski definition) is 0. The number of rotatable bonds is 4. The van der Waals surface area contributed by atoms with Gasteiger partial charge in [-0.05, 0) is 25.0 Å². The summed E-state index contributed by atoms with van der Waals surface area (Å²) in [5.74, 6) is 0. The highest BCUT2D eigenvalue weighted by Gasteiger charge is 2.35. The number of benzene rings is 1. The van der Waals surface area contributed by atoms with Crippen LogP contribution in [0.2, 0.25) is 0 Å². The molecule has 0 aromatic heterocycles. The standard InChI is InChI=1S/C12H18N2O2S/c1-10-4-5-12(11(2)8-10)9-13(3)17(15,16)14-6-7-14/h4-5,8H,6-7,9H2,1-3H3. The molecule has 0 atom stereocenters. The number of aryl methyl sites for hydroxylation is 2. The SMILES string of the molecule is Cc1ccc(CN(C)S(=O)(=O)N2CC2)c(C)c1. The van der Waals surface area contributed by atoms with Gasteiger partial charge < -0.3 is 0 Å². The van der Waals surface area contributed by atoms with Crippen molar-refractivity contribution >= 4 is 10.2 Å². The zero-order valence-electron chi connectivity index (χ0n) is 10.5. The largest absolute Gasteiger partial charge is 0.282 e. The molecule has 0 radical (unpaired) electrons. The predicted molar refractivity (Wildman–Crippen MR) is 67.9 cm³/mol. The molecule has 0 unspecified atom stereocenters. The van der Waals surface area contributed by atoms with E-state index in [4.69, 9.17) is 0 Å². The number of hydrogen-bond acceptors (Lipinski definition) is 2. The topological polar surface area (TPSA) is 40.4 Å². The second-order valence-electron chi connectivity index (χ2n) is 4.59. The molecular weight excluding hydrogens is 236 g/mol. The first-order chi connectivity index (χ1) is 7.91. The Bertz CT molecular complexity index is 521. The average molecular weight is 254 g/mol. The van der Waals surface area contributed by atoms with Crippen LogP contribution < -0.4 is 0 Å². The molecule has 1 saturated heterocycles. The molecule has 17 heavy (non-hydrogen) atoms. The van der Waals surface area contributed by atoms with Crippen LogP contribution in [0.5, 0.6) is 0 Å². The first-order valence-electron chi connectivity index (χ1n) is 5.69. The van der Waals surface area contributed by atoms with Gasteiger partial charge in [0.05, 0.1) is 0 Å². The van der Waals surface area contributed by atoms with Gasteiger partial charge in [-0.2, -0.15) is 17.0 Å². The number of nitrogens with zero attached hydrogens (tertiary/aromatic N) is 2. The molecule has 1 heterocycles. The molecule has 1 aliphatic rings. The minimum absolute atomic E-state index is 0.435. The molecule has 1 aromatic rings.